The van der Waals surface area contributed by atoms with Gasteiger partial charge in [-0.1, -0.05) is 0 Å². The van der Waals surface area contributed by atoms with Gasteiger partial charge in [0.1, 0.15) is 0 Å². The number of fused-ring (bicyclic) bond motifs is 1. The number of aryl methyl sites for hydroxylation is 1. The Bertz CT molecular complexity index is 637. The number of nitrogens with zero attached hydrogens (tertiary/aromatic N) is 1. The standard InChI is InChI=1S/C14H15NO4/c1-8-4-9(5-14(16)17)10-6-12(18-2)13(19-3)7-11(10)15-8/h4,6-7H,5H2,1-3H3,(H,16,17). The van der Waals surface area contributed by atoms with E-state index in [9.17, 15) is 4.79 Å². The molecule has 2 aromatic rings. The van der Waals surface area contributed by atoms with Gasteiger partial charge in [0.25, 0.3) is 0 Å². The first-order valence-electron chi connectivity index (χ1n) is 5.79. The SMILES string of the molecule is COc1cc2nc(C)cc(CC(=O)O)c2cc1OC. The highest BCUT2D eigenvalue weighted by atomic mass is 16.5. The molecule has 100 valence electrons. The number of pyridine rings is 1. The maximum Gasteiger partial charge on any atom is 0.307 e. The maximum atomic E-state index is 10.9. The third-order valence-electron chi connectivity index (χ3n) is 2.87. The van der Waals surface area contributed by atoms with Crippen molar-refractivity contribution in [1.29, 1.82) is 0 Å². The molecule has 0 bridgehead atoms. The molecule has 1 aromatic heterocycles. The van der Waals surface area contributed by atoms with Crippen molar-refractivity contribution in [2.24, 2.45) is 0 Å². The van der Waals surface area contributed by atoms with E-state index >= 15 is 0 Å². The van der Waals surface area contributed by atoms with Gasteiger partial charge in [-0.2, -0.15) is 0 Å². The van der Waals surface area contributed by atoms with E-state index in [1.807, 2.05) is 6.92 Å². The van der Waals surface area contributed by atoms with E-state index in [1.54, 1.807) is 32.4 Å². The van der Waals surface area contributed by atoms with Crippen LogP contribution < -0.4 is 9.47 Å². The highest BCUT2D eigenvalue weighted by Crippen LogP contribution is 2.33. The molecule has 1 N–H and O–H groups in total. The van der Waals surface area contributed by atoms with E-state index in [-0.39, 0.29) is 6.42 Å². The second-order valence-corrected chi connectivity index (χ2v) is 4.22. The molecular formula is C14H15NO4. The van der Waals surface area contributed by atoms with Gasteiger partial charge in [0.2, 0.25) is 0 Å². The highest BCUT2D eigenvalue weighted by molar-refractivity contribution is 5.88. The molecule has 0 radical (unpaired) electrons. The molecule has 1 aromatic carbocycles. The van der Waals surface area contributed by atoms with Gasteiger partial charge in [0.15, 0.2) is 11.5 Å². The Morgan fingerprint density at radius 1 is 1.21 bits per heavy atom. The number of methoxy groups -OCH3 is 2. The predicted molar refractivity (Wildman–Crippen MR) is 70.9 cm³/mol. The summed E-state index contributed by atoms with van der Waals surface area (Å²) in [4.78, 5) is 15.3. The fourth-order valence-corrected chi connectivity index (χ4v) is 2.08. The number of aromatic nitrogens is 1. The monoisotopic (exact) mass is 261 g/mol. The van der Waals surface area contributed by atoms with Crippen molar-refractivity contribution in [3.63, 3.8) is 0 Å². The van der Waals surface area contributed by atoms with E-state index in [1.165, 1.54) is 0 Å². The summed E-state index contributed by atoms with van der Waals surface area (Å²) in [5.74, 6) is 0.267. The molecule has 19 heavy (non-hydrogen) atoms. The Morgan fingerprint density at radius 3 is 2.42 bits per heavy atom. The molecule has 5 nitrogen and oxygen atoms in total. The number of carbonyl (C=O) groups is 1. The number of hydrogen-bond acceptors (Lipinski definition) is 4. The minimum atomic E-state index is -0.873. The first-order chi connectivity index (χ1) is 9.05. The van der Waals surface area contributed by atoms with Gasteiger partial charge in [-0.15, -0.1) is 0 Å². The summed E-state index contributed by atoms with van der Waals surface area (Å²) in [6.07, 6.45) is -0.0463. The topological polar surface area (TPSA) is 68.7 Å². The second-order valence-electron chi connectivity index (χ2n) is 4.22. The first kappa shape index (κ1) is 13.1. The van der Waals surface area contributed by atoms with Gasteiger partial charge in [0.05, 0.1) is 26.2 Å². The van der Waals surface area contributed by atoms with Crippen LogP contribution in [0.15, 0.2) is 18.2 Å². The van der Waals surface area contributed by atoms with Gasteiger partial charge < -0.3 is 14.6 Å². The van der Waals surface area contributed by atoms with E-state index < -0.39 is 5.97 Å². The summed E-state index contributed by atoms with van der Waals surface area (Å²) in [7, 11) is 3.10. The number of aliphatic carboxylic acids is 1. The van der Waals surface area contributed by atoms with Crippen LogP contribution in [0.25, 0.3) is 10.9 Å². The fourth-order valence-electron chi connectivity index (χ4n) is 2.08. The van der Waals surface area contributed by atoms with Crippen molar-refractivity contribution in [3.05, 3.63) is 29.5 Å². The lowest BCUT2D eigenvalue weighted by atomic mass is 10.0. The first-order valence-corrected chi connectivity index (χ1v) is 5.79. The van der Waals surface area contributed by atoms with Crippen molar-refractivity contribution >= 4 is 16.9 Å². The molecule has 0 saturated heterocycles. The second kappa shape index (κ2) is 5.14. The number of benzene rings is 1. The minimum Gasteiger partial charge on any atom is -0.493 e. The molecule has 2 rings (SSSR count). The van der Waals surface area contributed by atoms with Crippen LogP contribution >= 0.6 is 0 Å². The summed E-state index contributed by atoms with van der Waals surface area (Å²) >= 11 is 0. The molecule has 0 aliphatic rings. The van der Waals surface area contributed by atoms with Crippen LogP contribution in [0.1, 0.15) is 11.3 Å². The Labute approximate surface area is 110 Å². The molecule has 0 aliphatic heterocycles. The maximum absolute atomic E-state index is 10.9. The lowest BCUT2D eigenvalue weighted by Gasteiger charge is -2.11. The van der Waals surface area contributed by atoms with Gasteiger partial charge in [-0.3, -0.25) is 9.78 Å². The lowest BCUT2D eigenvalue weighted by molar-refractivity contribution is -0.136. The summed E-state index contributed by atoms with van der Waals surface area (Å²) in [6.45, 7) is 1.83. The Balaban J connectivity index is 2.71. The van der Waals surface area contributed by atoms with Gasteiger partial charge in [-0.25, -0.2) is 0 Å². The van der Waals surface area contributed by atoms with Crippen molar-refractivity contribution in [2.45, 2.75) is 13.3 Å². The number of rotatable bonds is 4. The molecule has 0 atom stereocenters. The quantitative estimate of drug-likeness (QED) is 0.913. The Morgan fingerprint density at radius 2 is 1.84 bits per heavy atom. The van der Waals surface area contributed by atoms with E-state index in [0.717, 1.165) is 16.6 Å². The van der Waals surface area contributed by atoms with Crippen molar-refractivity contribution in [1.82, 2.24) is 4.98 Å². The Hall–Kier alpha value is -2.30. The number of carboxylic acids is 1. The normalized spacial score (nSPS) is 10.5. The molecular weight excluding hydrogens is 246 g/mol. The number of hydrogen-bond donors (Lipinski definition) is 1. The zero-order valence-corrected chi connectivity index (χ0v) is 11.1. The molecule has 5 heteroatoms. The van der Waals surface area contributed by atoms with Crippen LogP contribution in [-0.4, -0.2) is 30.3 Å². The fraction of sp³-hybridized carbons (Fsp3) is 0.286. The number of carboxylic acid groups (broad SMARTS) is 1. The minimum absolute atomic E-state index is 0.0463. The predicted octanol–water partition coefficient (Wildman–Crippen LogP) is 2.19. The van der Waals surface area contributed by atoms with Crippen LogP contribution in [0.2, 0.25) is 0 Å². The molecule has 0 unspecified atom stereocenters. The highest BCUT2D eigenvalue weighted by Gasteiger charge is 2.12. The van der Waals surface area contributed by atoms with E-state index in [0.29, 0.717) is 17.0 Å². The molecule has 0 aliphatic carbocycles. The molecule has 1 heterocycles. The lowest BCUT2D eigenvalue weighted by Crippen LogP contribution is -2.03. The number of ether oxygens (including phenoxy) is 2. The summed E-state index contributed by atoms with van der Waals surface area (Å²) < 4.78 is 10.5. The molecule has 0 saturated carbocycles. The largest absolute Gasteiger partial charge is 0.493 e. The average molecular weight is 261 g/mol. The van der Waals surface area contributed by atoms with E-state index in [2.05, 4.69) is 4.98 Å². The van der Waals surface area contributed by atoms with Crippen LogP contribution in [0, 0.1) is 6.92 Å². The molecule has 0 fully saturated rings. The summed E-state index contributed by atoms with van der Waals surface area (Å²) in [5, 5.41) is 9.74. The zero-order valence-electron chi connectivity index (χ0n) is 11.1. The van der Waals surface area contributed by atoms with Crippen molar-refractivity contribution in [3.8, 4) is 11.5 Å². The molecule has 0 spiro atoms. The van der Waals surface area contributed by atoms with Crippen LogP contribution in [0.3, 0.4) is 0 Å². The zero-order chi connectivity index (χ0) is 14.0. The van der Waals surface area contributed by atoms with Crippen molar-refractivity contribution in [2.75, 3.05) is 14.2 Å². The van der Waals surface area contributed by atoms with E-state index in [4.69, 9.17) is 14.6 Å². The Kier molecular flexibility index (Phi) is 3.55. The van der Waals surface area contributed by atoms with Crippen molar-refractivity contribution < 1.29 is 19.4 Å². The summed E-state index contributed by atoms with van der Waals surface area (Å²) in [6, 6.07) is 5.30. The molecule has 0 amide bonds. The van der Waals surface area contributed by atoms with Crippen LogP contribution in [-0.2, 0) is 11.2 Å². The summed E-state index contributed by atoms with van der Waals surface area (Å²) in [5.41, 5.74) is 2.20. The smallest absolute Gasteiger partial charge is 0.307 e. The third-order valence-corrected chi connectivity index (χ3v) is 2.87. The van der Waals surface area contributed by atoms with Gasteiger partial charge in [-0.05, 0) is 24.6 Å². The van der Waals surface area contributed by atoms with Crippen LogP contribution in [0.4, 0.5) is 0 Å². The van der Waals surface area contributed by atoms with Gasteiger partial charge in [0, 0.05) is 17.1 Å². The van der Waals surface area contributed by atoms with Crippen LogP contribution in [0.5, 0.6) is 11.5 Å². The average Bonchev–Trinajstić information content (AvgIpc) is 2.36. The third kappa shape index (κ3) is 2.59. The van der Waals surface area contributed by atoms with Gasteiger partial charge >= 0.3 is 5.97 Å².